The summed E-state index contributed by atoms with van der Waals surface area (Å²) in [4.78, 5) is 12.8. The number of ether oxygens (including phenoxy) is 1. The van der Waals surface area contributed by atoms with Crippen LogP contribution in [0.4, 0.5) is 0 Å². The molecule has 0 atom stereocenters. The van der Waals surface area contributed by atoms with Gasteiger partial charge in [-0.2, -0.15) is 0 Å². The van der Waals surface area contributed by atoms with Crippen molar-refractivity contribution in [1.82, 2.24) is 5.32 Å². The van der Waals surface area contributed by atoms with E-state index in [0.717, 1.165) is 40.8 Å². The van der Waals surface area contributed by atoms with Crippen LogP contribution in [0, 0.1) is 23.2 Å². The van der Waals surface area contributed by atoms with Crippen LogP contribution in [-0.4, -0.2) is 12.5 Å². The van der Waals surface area contributed by atoms with Gasteiger partial charge in [-0.25, -0.2) is 0 Å². The summed E-state index contributed by atoms with van der Waals surface area (Å²) < 4.78 is 11.8. The number of carbonyl (C=O) groups is 1. The smallest absolute Gasteiger partial charge is 0.287 e. The molecule has 4 saturated carbocycles. The van der Waals surface area contributed by atoms with Crippen LogP contribution in [0.5, 0.6) is 5.75 Å². The summed E-state index contributed by atoms with van der Waals surface area (Å²) in [5.74, 6) is 4.43. The number of carbonyl (C=O) groups excluding carboxylic acids is 1. The zero-order valence-corrected chi connectivity index (χ0v) is 17.8. The van der Waals surface area contributed by atoms with Crippen LogP contribution in [0.1, 0.15) is 54.8 Å². The van der Waals surface area contributed by atoms with Gasteiger partial charge in [0.2, 0.25) is 0 Å². The zero-order chi connectivity index (χ0) is 20.8. The SMILES string of the molecule is O=C(NCC12CC3CC(CC(C3)C1)C2)c1ccc(COc2cccc3ccccc23)o1. The molecule has 4 aliphatic carbocycles. The molecule has 4 bridgehead atoms. The molecule has 160 valence electrons. The molecule has 1 amide bonds. The third-order valence-corrected chi connectivity index (χ3v) is 7.79. The third kappa shape index (κ3) is 3.62. The summed E-state index contributed by atoms with van der Waals surface area (Å²) in [6, 6.07) is 17.8. The van der Waals surface area contributed by atoms with Gasteiger partial charge in [0.25, 0.3) is 5.91 Å². The Morgan fingerprint density at radius 1 is 0.935 bits per heavy atom. The first-order valence-electron chi connectivity index (χ1n) is 11.6. The third-order valence-electron chi connectivity index (χ3n) is 7.79. The predicted molar refractivity (Wildman–Crippen MR) is 120 cm³/mol. The summed E-state index contributed by atoms with van der Waals surface area (Å²) in [6.07, 6.45) is 8.15. The van der Waals surface area contributed by atoms with Crippen LogP contribution in [-0.2, 0) is 6.61 Å². The Bertz CT molecular complexity index is 1070. The maximum atomic E-state index is 12.8. The quantitative estimate of drug-likeness (QED) is 0.541. The van der Waals surface area contributed by atoms with Crippen molar-refractivity contribution in [2.24, 2.45) is 23.2 Å². The van der Waals surface area contributed by atoms with Crippen LogP contribution >= 0.6 is 0 Å². The molecule has 4 fully saturated rings. The van der Waals surface area contributed by atoms with Gasteiger partial charge >= 0.3 is 0 Å². The first-order valence-corrected chi connectivity index (χ1v) is 11.6. The van der Waals surface area contributed by atoms with Crippen LogP contribution in [0.15, 0.2) is 59.0 Å². The highest BCUT2D eigenvalue weighted by atomic mass is 16.5. The van der Waals surface area contributed by atoms with E-state index in [1.165, 1.54) is 38.5 Å². The topological polar surface area (TPSA) is 51.5 Å². The van der Waals surface area contributed by atoms with Crippen molar-refractivity contribution in [3.05, 3.63) is 66.1 Å². The van der Waals surface area contributed by atoms with Crippen molar-refractivity contribution in [1.29, 1.82) is 0 Å². The lowest BCUT2D eigenvalue weighted by Gasteiger charge is -2.56. The Morgan fingerprint density at radius 3 is 2.42 bits per heavy atom. The summed E-state index contributed by atoms with van der Waals surface area (Å²) in [7, 11) is 0. The molecule has 4 nitrogen and oxygen atoms in total. The molecule has 1 heterocycles. The Balaban J connectivity index is 1.08. The maximum Gasteiger partial charge on any atom is 0.287 e. The zero-order valence-electron chi connectivity index (χ0n) is 17.8. The van der Waals surface area contributed by atoms with E-state index in [4.69, 9.17) is 9.15 Å². The number of furan rings is 1. The van der Waals surface area contributed by atoms with Gasteiger partial charge < -0.3 is 14.5 Å². The molecule has 4 heteroatoms. The molecule has 0 aliphatic heterocycles. The molecule has 0 unspecified atom stereocenters. The molecule has 7 rings (SSSR count). The largest absolute Gasteiger partial charge is 0.485 e. The Hall–Kier alpha value is -2.75. The minimum atomic E-state index is -0.104. The van der Waals surface area contributed by atoms with Gasteiger partial charge in [-0.15, -0.1) is 0 Å². The summed E-state index contributed by atoms with van der Waals surface area (Å²) in [5, 5.41) is 5.41. The van der Waals surface area contributed by atoms with Crippen molar-refractivity contribution < 1.29 is 13.9 Å². The molecule has 3 aromatic rings. The second kappa shape index (κ2) is 7.44. The van der Waals surface area contributed by atoms with Crippen molar-refractivity contribution in [2.45, 2.75) is 45.1 Å². The first kappa shape index (κ1) is 19.0. The molecule has 1 aromatic heterocycles. The predicted octanol–water partition coefficient (Wildman–Crippen LogP) is 5.96. The van der Waals surface area contributed by atoms with E-state index in [0.29, 0.717) is 23.5 Å². The molecular weight excluding hydrogens is 386 g/mol. The monoisotopic (exact) mass is 415 g/mol. The number of hydrogen-bond acceptors (Lipinski definition) is 3. The van der Waals surface area contributed by atoms with Crippen molar-refractivity contribution in [3.63, 3.8) is 0 Å². The second-order valence-corrected chi connectivity index (χ2v) is 10.1. The number of nitrogens with one attached hydrogen (secondary N) is 1. The minimum absolute atomic E-state index is 0.104. The minimum Gasteiger partial charge on any atom is -0.485 e. The first-order chi connectivity index (χ1) is 15.2. The van der Waals surface area contributed by atoms with Gasteiger partial charge in [0.15, 0.2) is 5.76 Å². The summed E-state index contributed by atoms with van der Waals surface area (Å²) >= 11 is 0. The van der Waals surface area contributed by atoms with Gasteiger partial charge in [0.1, 0.15) is 18.1 Å². The number of benzene rings is 2. The van der Waals surface area contributed by atoms with E-state index in [2.05, 4.69) is 23.5 Å². The lowest BCUT2D eigenvalue weighted by Crippen LogP contribution is -2.51. The standard InChI is InChI=1S/C27H29NO3/c29-26(28-17-27-13-18-10-19(14-27)12-20(11-18)15-27)25-9-8-22(31-25)16-30-24-7-3-5-21-4-1-2-6-23(21)24/h1-9,18-20H,10-17H2,(H,28,29). The summed E-state index contributed by atoms with van der Waals surface area (Å²) in [5.41, 5.74) is 0.331. The van der Waals surface area contributed by atoms with E-state index in [1.54, 1.807) is 6.07 Å². The van der Waals surface area contributed by atoms with Crippen molar-refractivity contribution in [2.75, 3.05) is 6.54 Å². The van der Waals surface area contributed by atoms with E-state index in [9.17, 15) is 4.79 Å². The molecule has 31 heavy (non-hydrogen) atoms. The highest BCUT2D eigenvalue weighted by molar-refractivity contribution is 5.91. The Kier molecular flexibility index (Phi) is 4.55. The Labute approximate surface area is 183 Å². The second-order valence-electron chi connectivity index (χ2n) is 10.1. The van der Waals surface area contributed by atoms with Gasteiger partial charge in [-0.1, -0.05) is 36.4 Å². The Morgan fingerprint density at radius 2 is 1.65 bits per heavy atom. The van der Waals surface area contributed by atoms with Gasteiger partial charge in [0.05, 0.1) is 0 Å². The van der Waals surface area contributed by atoms with Crippen LogP contribution in [0.3, 0.4) is 0 Å². The molecule has 0 radical (unpaired) electrons. The van der Waals surface area contributed by atoms with Gasteiger partial charge in [-0.05, 0) is 85.3 Å². The highest BCUT2D eigenvalue weighted by Crippen LogP contribution is 2.59. The number of amides is 1. The fourth-order valence-corrected chi connectivity index (χ4v) is 6.91. The molecule has 4 aliphatic rings. The fraction of sp³-hybridized carbons (Fsp3) is 0.444. The van der Waals surface area contributed by atoms with E-state index < -0.39 is 0 Å². The van der Waals surface area contributed by atoms with Crippen LogP contribution < -0.4 is 10.1 Å². The fourth-order valence-electron chi connectivity index (χ4n) is 6.91. The van der Waals surface area contributed by atoms with E-state index in [-0.39, 0.29) is 5.91 Å². The van der Waals surface area contributed by atoms with Crippen molar-refractivity contribution >= 4 is 16.7 Å². The lowest BCUT2D eigenvalue weighted by atomic mass is 9.49. The normalized spacial score (nSPS) is 28.7. The van der Waals surface area contributed by atoms with Crippen LogP contribution in [0.2, 0.25) is 0 Å². The number of fused-ring (bicyclic) bond motifs is 1. The van der Waals surface area contributed by atoms with Gasteiger partial charge in [-0.3, -0.25) is 4.79 Å². The van der Waals surface area contributed by atoms with Crippen molar-refractivity contribution in [3.8, 4) is 5.75 Å². The number of rotatable bonds is 6. The molecule has 2 aromatic carbocycles. The molecule has 1 N–H and O–H groups in total. The maximum absolute atomic E-state index is 12.8. The molecule has 0 spiro atoms. The number of hydrogen-bond donors (Lipinski definition) is 1. The average molecular weight is 416 g/mol. The molecular formula is C27H29NO3. The summed E-state index contributed by atoms with van der Waals surface area (Å²) in [6.45, 7) is 1.09. The lowest BCUT2D eigenvalue weighted by molar-refractivity contribution is -0.0504. The average Bonchev–Trinajstić information content (AvgIpc) is 3.24. The van der Waals surface area contributed by atoms with Gasteiger partial charge in [0, 0.05) is 11.9 Å². The highest BCUT2D eigenvalue weighted by Gasteiger charge is 2.50. The van der Waals surface area contributed by atoms with E-state index >= 15 is 0 Å². The van der Waals surface area contributed by atoms with E-state index in [1.807, 2.05) is 30.3 Å². The van der Waals surface area contributed by atoms with Crippen LogP contribution in [0.25, 0.3) is 10.8 Å². The molecule has 0 saturated heterocycles.